The van der Waals surface area contributed by atoms with Crippen molar-refractivity contribution >= 4 is 45.3 Å². The number of aryl methyl sites for hydroxylation is 1. The summed E-state index contributed by atoms with van der Waals surface area (Å²) in [5.41, 5.74) is 5.33. The van der Waals surface area contributed by atoms with E-state index in [-0.39, 0.29) is 35.7 Å². The number of hydrogen-bond donors (Lipinski definition) is 4. The lowest BCUT2D eigenvalue weighted by Gasteiger charge is -2.39. The van der Waals surface area contributed by atoms with Crippen LogP contribution in [0.5, 0.6) is 0 Å². The highest BCUT2D eigenvalue weighted by molar-refractivity contribution is 5.92. The van der Waals surface area contributed by atoms with Crippen LogP contribution in [0, 0.1) is 12.8 Å². The summed E-state index contributed by atoms with van der Waals surface area (Å²) in [6.07, 6.45) is 10.4. The quantitative estimate of drug-likeness (QED) is 0.138. The molecule has 0 saturated carbocycles. The number of nitrogens with zero attached hydrogens (tertiary/aromatic N) is 6. The number of urea groups is 1. The molecule has 0 radical (unpaired) electrons. The van der Waals surface area contributed by atoms with Gasteiger partial charge in [-0.3, -0.25) is 24.5 Å². The molecule has 5 aromatic rings. The van der Waals surface area contributed by atoms with Gasteiger partial charge in [-0.25, -0.2) is 4.79 Å². The highest BCUT2D eigenvalue weighted by Crippen LogP contribution is 2.28. The van der Waals surface area contributed by atoms with Crippen molar-refractivity contribution < 1.29 is 14.4 Å². The zero-order chi connectivity index (χ0) is 41.6. The van der Waals surface area contributed by atoms with E-state index in [4.69, 9.17) is 0 Å². The first-order chi connectivity index (χ1) is 29.2. The number of anilines is 1. The molecule has 3 aliphatic rings. The second-order valence-electron chi connectivity index (χ2n) is 17.0. The number of likely N-dealkylation sites (tertiary alicyclic amines) is 2. The largest absolute Gasteiger partial charge is 0.368 e. The summed E-state index contributed by atoms with van der Waals surface area (Å²) in [6, 6.07) is 15.7. The van der Waals surface area contributed by atoms with Gasteiger partial charge in [0.05, 0.1) is 11.7 Å². The standard InChI is InChI=1S/C46H58N10O4/c1-3-16-53-17-10-32(11-18-53)27-41(45(59)55-23-21-54(22-24-55)37-8-14-47-15-9-37)50-44(58)40(28-33-25-31(2)42-36(26-33)30-48-52-42)51-46(60)56-19-12-34(13-20-56)38-29-35-6-4-5-7-39(35)49-43(38)57/h4-9,14-15,25-26,29-30,32,34,40-41H,3,10-13,16-24,27-28H2,1-2H3,(H,48,52)(H,49,57)(H,50,58)(H,51,60). The maximum absolute atomic E-state index is 14.7. The van der Waals surface area contributed by atoms with Crippen LogP contribution in [-0.4, -0.2) is 124 Å². The summed E-state index contributed by atoms with van der Waals surface area (Å²) in [4.78, 5) is 71.9. The molecule has 2 unspecified atom stereocenters. The predicted molar refractivity (Wildman–Crippen MR) is 234 cm³/mol. The zero-order valence-corrected chi connectivity index (χ0v) is 34.9. The molecule has 14 nitrogen and oxygen atoms in total. The van der Waals surface area contributed by atoms with Crippen LogP contribution < -0.4 is 21.1 Å². The topological polar surface area (TPSA) is 163 Å². The predicted octanol–water partition coefficient (Wildman–Crippen LogP) is 4.95. The summed E-state index contributed by atoms with van der Waals surface area (Å²) in [6.45, 7) is 10.6. The zero-order valence-electron chi connectivity index (χ0n) is 34.9. The van der Waals surface area contributed by atoms with E-state index >= 15 is 0 Å². The molecule has 3 aromatic heterocycles. The third-order valence-electron chi connectivity index (χ3n) is 12.9. The van der Waals surface area contributed by atoms with Crippen molar-refractivity contribution in [3.05, 3.63) is 100 Å². The fourth-order valence-corrected chi connectivity index (χ4v) is 9.53. The molecular weight excluding hydrogens is 757 g/mol. The summed E-state index contributed by atoms with van der Waals surface area (Å²) < 4.78 is 0. The fourth-order valence-electron chi connectivity index (χ4n) is 9.53. The summed E-state index contributed by atoms with van der Waals surface area (Å²) >= 11 is 0. The average Bonchev–Trinajstić information content (AvgIpc) is 3.76. The Kier molecular flexibility index (Phi) is 12.7. The van der Waals surface area contributed by atoms with Crippen molar-refractivity contribution in [1.29, 1.82) is 0 Å². The van der Waals surface area contributed by atoms with E-state index in [0.717, 1.165) is 83.1 Å². The molecular formula is C46H58N10O4. The van der Waals surface area contributed by atoms with Crippen LogP contribution in [0.15, 0.2) is 78.0 Å². The van der Waals surface area contributed by atoms with E-state index in [1.165, 1.54) is 0 Å². The van der Waals surface area contributed by atoms with Gasteiger partial charge in [-0.1, -0.05) is 31.2 Å². The van der Waals surface area contributed by atoms with Crippen LogP contribution in [0.4, 0.5) is 10.5 Å². The molecule has 0 spiro atoms. The van der Waals surface area contributed by atoms with E-state index in [0.29, 0.717) is 64.4 Å². The third kappa shape index (κ3) is 9.49. The van der Waals surface area contributed by atoms with Gasteiger partial charge in [-0.2, -0.15) is 5.10 Å². The molecule has 4 amide bonds. The molecule has 3 saturated heterocycles. The lowest BCUT2D eigenvalue weighted by molar-refractivity contribution is -0.137. The van der Waals surface area contributed by atoms with Gasteiger partial charge < -0.3 is 35.2 Å². The molecule has 0 bridgehead atoms. The number of piperazine rings is 1. The van der Waals surface area contributed by atoms with E-state index in [9.17, 15) is 19.2 Å². The van der Waals surface area contributed by atoms with Gasteiger partial charge in [0.15, 0.2) is 0 Å². The first kappa shape index (κ1) is 41.0. The Labute approximate surface area is 351 Å². The van der Waals surface area contributed by atoms with Crippen LogP contribution in [0.3, 0.4) is 0 Å². The number of nitrogens with one attached hydrogen (secondary N) is 4. The number of aromatic amines is 2. The Morgan fingerprint density at radius 2 is 1.58 bits per heavy atom. The monoisotopic (exact) mass is 814 g/mol. The molecule has 60 heavy (non-hydrogen) atoms. The third-order valence-corrected chi connectivity index (χ3v) is 12.9. The highest BCUT2D eigenvalue weighted by atomic mass is 16.2. The van der Waals surface area contributed by atoms with Gasteiger partial charge in [0.1, 0.15) is 12.1 Å². The molecule has 6 heterocycles. The number of fused-ring (bicyclic) bond motifs is 2. The van der Waals surface area contributed by atoms with E-state index in [2.05, 4.69) is 47.5 Å². The Bertz CT molecular complexity index is 2320. The summed E-state index contributed by atoms with van der Waals surface area (Å²) in [5, 5.41) is 15.5. The molecule has 2 atom stereocenters. The van der Waals surface area contributed by atoms with Gasteiger partial charge >= 0.3 is 6.03 Å². The fraction of sp³-hybridized carbons (Fsp3) is 0.478. The van der Waals surface area contributed by atoms with Crippen LogP contribution in [0.2, 0.25) is 0 Å². The van der Waals surface area contributed by atoms with Crippen LogP contribution in [0.1, 0.15) is 68.1 Å². The minimum atomic E-state index is -0.937. The molecule has 316 valence electrons. The summed E-state index contributed by atoms with van der Waals surface area (Å²) in [7, 11) is 0. The van der Waals surface area contributed by atoms with Crippen molar-refractivity contribution in [3.63, 3.8) is 0 Å². The molecule has 14 heteroatoms. The number of rotatable bonds is 12. The normalized spacial score (nSPS) is 18.1. The van der Waals surface area contributed by atoms with Crippen molar-refractivity contribution in [2.75, 3.05) is 63.8 Å². The maximum atomic E-state index is 14.7. The van der Waals surface area contributed by atoms with Gasteiger partial charge in [0, 0.05) is 80.2 Å². The first-order valence-electron chi connectivity index (χ1n) is 21.8. The van der Waals surface area contributed by atoms with Crippen molar-refractivity contribution in [1.82, 2.24) is 45.5 Å². The lowest BCUT2D eigenvalue weighted by atomic mass is 9.89. The second-order valence-corrected chi connectivity index (χ2v) is 17.0. The Hall–Kier alpha value is -5.76. The highest BCUT2D eigenvalue weighted by Gasteiger charge is 2.35. The number of para-hydroxylation sites is 1. The number of piperidine rings is 2. The minimum absolute atomic E-state index is 0.0124. The second kappa shape index (κ2) is 18.7. The number of carbonyl (C=O) groups excluding carboxylic acids is 3. The minimum Gasteiger partial charge on any atom is -0.368 e. The van der Waals surface area contributed by atoms with Crippen molar-refractivity contribution in [3.8, 4) is 0 Å². The number of carbonyl (C=O) groups is 3. The number of hydrogen-bond acceptors (Lipinski definition) is 8. The Morgan fingerprint density at radius 1 is 0.833 bits per heavy atom. The number of pyridine rings is 2. The molecule has 3 fully saturated rings. The smallest absolute Gasteiger partial charge is 0.318 e. The number of amides is 4. The average molecular weight is 815 g/mol. The number of H-pyrrole nitrogens is 2. The van der Waals surface area contributed by atoms with Crippen molar-refractivity contribution in [2.45, 2.75) is 76.8 Å². The van der Waals surface area contributed by atoms with Crippen LogP contribution >= 0.6 is 0 Å². The van der Waals surface area contributed by atoms with Gasteiger partial charge in [0.25, 0.3) is 5.56 Å². The Balaban J connectivity index is 0.989. The van der Waals surface area contributed by atoms with E-state index < -0.39 is 12.1 Å². The van der Waals surface area contributed by atoms with Crippen LogP contribution in [0.25, 0.3) is 21.8 Å². The Morgan fingerprint density at radius 3 is 2.33 bits per heavy atom. The van der Waals surface area contributed by atoms with Crippen molar-refractivity contribution in [2.24, 2.45) is 5.92 Å². The first-order valence-corrected chi connectivity index (χ1v) is 21.8. The van der Waals surface area contributed by atoms with Crippen LogP contribution in [-0.2, 0) is 16.0 Å². The van der Waals surface area contributed by atoms with E-state index in [1.807, 2.05) is 66.4 Å². The van der Waals surface area contributed by atoms with Gasteiger partial charge in [0.2, 0.25) is 11.8 Å². The summed E-state index contributed by atoms with van der Waals surface area (Å²) in [5.74, 6) is -0.137. The molecule has 0 aliphatic carbocycles. The van der Waals surface area contributed by atoms with E-state index in [1.54, 1.807) is 23.5 Å². The lowest BCUT2D eigenvalue weighted by Crippen LogP contribution is -2.59. The molecule has 8 rings (SSSR count). The molecule has 4 N–H and O–H groups in total. The number of aromatic nitrogens is 4. The maximum Gasteiger partial charge on any atom is 0.318 e. The molecule has 2 aromatic carbocycles. The van der Waals surface area contributed by atoms with Gasteiger partial charge in [-0.15, -0.1) is 0 Å². The molecule has 3 aliphatic heterocycles. The van der Waals surface area contributed by atoms with Gasteiger partial charge in [-0.05, 0) is 124 Å². The number of benzene rings is 2. The SMILES string of the molecule is CCCN1CCC(CC(NC(=O)C(Cc2cc(C)c3[nH]ncc3c2)NC(=O)N2CCC(c3cc4ccccc4[nH]c3=O)CC2)C(=O)N2CCN(c3ccncc3)CC2)CC1.